The third kappa shape index (κ3) is 5.01. The summed E-state index contributed by atoms with van der Waals surface area (Å²) in [5.41, 5.74) is 0. The average molecular weight is 269 g/mol. The summed E-state index contributed by atoms with van der Waals surface area (Å²) >= 11 is 2.46. The third-order valence-corrected chi connectivity index (χ3v) is 3.29. The molecule has 0 fully saturated rings. The highest BCUT2D eigenvalue weighted by Gasteiger charge is 2.13. The zero-order chi connectivity index (χ0) is 9.02. The maximum Gasteiger partial charge on any atom is 0.0232 e. The maximum atomic E-state index is 3.57. The fraction of sp³-hybridized carbons (Fsp3) is 1.00. The molecule has 11 heavy (non-hydrogen) atoms. The van der Waals surface area contributed by atoms with Crippen LogP contribution in [-0.4, -0.2) is 16.0 Å². The SMILES string of the molecule is CC(C)C(C)NC(C)[C@@H](C)I. The first-order valence-corrected chi connectivity index (χ1v) is 5.59. The van der Waals surface area contributed by atoms with Gasteiger partial charge in [-0.15, -0.1) is 0 Å². The molecule has 0 radical (unpaired) electrons. The van der Waals surface area contributed by atoms with Gasteiger partial charge >= 0.3 is 0 Å². The molecule has 0 aromatic heterocycles. The van der Waals surface area contributed by atoms with E-state index in [1.807, 2.05) is 0 Å². The second-order valence-electron chi connectivity index (χ2n) is 3.67. The van der Waals surface area contributed by atoms with Crippen LogP contribution in [0.2, 0.25) is 0 Å². The lowest BCUT2D eigenvalue weighted by atomic mass is 10.1. The van der Waals surface area contributed by atoms with E-state index >= 15 is 0 Å². The van der Waals surface area contributed by atoms with Gasteiger partial charge in [0.15, 0.2) is 0 Å². The number of alkyl halides is 1. The molecule has 0 heterocycles. The van der Waals surface area contributed by atoms with Crippen molar-refractivity contribution in [2.75, 3.05) is 0 Å². The summed E-state index contributed by atoms with van der Waals surface area (Å²) in [6, 6.07) is 1.25. The van der Waals surface area contributed by atoms with Crippen molar-refractivity contribution in [3.8, 4) is 0 Å². The van der Waals surface area contributed by atoms with Gasteiger partial charge < -0.3 is 5.32 Å². The molecule has 0 aromatic carbocycles. The smallest absolute Gasteiger partial charge is 0.0232 e. The monoisotopic (exact) mass is 269 g/mol. The van der Waals surface area contributed by atoms with Gasteiger partial charge in [0, 0.05) is 16.0 Å². The molecular weight excluding hydrogens is 249 g/mol. The summed E-state index contributed by atoms with van der Waals surface area (Å²) in [5, 5.41) is 3.57. The Morgan fingerprint density at radius 2 is 1.36 bits per heavy atom. The van der Waals surface area contributed by atoms with Gasteiger partial charge in [0.2, 0.25) is 0 Å². The molecule has 0 rings (SSSR count). The number of rotatable bonds is 4. The maximum absolute atomic E-state index is 3.57. The summed E-state index contributed by atoms with van der Waals surface area (Å²) in [6.45, 7) is 11.2. The van der Waals surface area contributed by atoms with Gasteiger partial charge in [-0.25, -0.2) is 0 Å². The molecule has 3 atom stereocenters. The van der Waals surface area contributed by atoms with Crippen LogP contribution in [0, 0.1) is 5.92 Å². The normalized spacial score (nSPS) is 19.9. The van der Waals surface area contributed by atoms with Crippen molar-refractivity contribution in [3.05, 3.63) is 0 Å². The van der Waals surface area contributed by atoms with E-state index in [2.05, 4.69) is 62.5 Å². The fourth-order valence-electron chi connectivity index (χ4n) is 0.740. The molecule has 0 spiro atoms. The van der Waals surface area contributed by atoms with E-state index in [1.54, 1.807) is 0 Å². The number of hydrogen-bond donors (Lipinski definition) is 1. The Morgan fingerprint density at radius 1 is 0.909 bits per heavy atom. The van der Waals surface area contributed by atoms with Gasteiger partial charge in [0.25, 0.3) is 0 Å². The van der Waals surface area contributed by atoms with E-state index in [1.165, 1.54) is 0 Å². The van der Waals surface area contributed by atoms with Crippen molar-refractivity contribution < 1.29 is 0 Å². The molecule has 0 aromatic rings. The lowest BCUT2D eigenvalue weighted by Crippen LogP contribution is -2.41. The molecule has 2 heteroatoms. The van der Waals surface area contributed by atoms with E-state index in [0.29, 0.717) is 16.0 Å². The highest BCUT2D eigenvalue weighted by molar-refractivity contribution is 14.1. The van der Waals surface area contributed by atoms with Gasteiger partial charge in [-0.3, -0.25) is 0 Å². The second-order valence-corrected chi connectivity index (χ2v) is 5.63. The predicted octanol–water partition coefficient (Wildman–Crippen LogP) is 2.83. The van der Waals surface area contributed by atoms with Gasteiger partial charge in [0.1, 0.15) is 0 Å². The van der Waals surface area contributed by atoms with Crippen LogP contribution < -0.4 is 5.32 Å². The lowest BCUT2D eigenvalue weighted by Gasteiger charge is -2.24. The van der Waals surface area contributed by atoms with Crippen molar-refractivity contribution in [1.82, 2.24) is 5.32 Å². The Labute approximate surface area is 84.5 Å². The summed E-state index contributed by atoms with van der Waals surface area (Å²) in [7, 11) is 0. The molecule has 1 nitrogen and oxygen atoms in total. The molecule has 0 saturated heterocycles. The van der Waals surface area contributed by atoms with Gasteiger partial charge in [0.05, 0.1) is 0 Å². The third-order valence-electron chi connectivity index (χ3n) is 2.21. The van der Waals surface area contributed by atoms with E-state index in [9.17, 15) is 0 Å². The average Bonchev–Trinajstić information content (AvgIpc) is 1.87. The van der Waals surface area contributed by atoms with Gasteiger partial charge in [-0.2, -0.15) is 0 Å². The Kier molecular flexibility index (Phi) is 5.69. The minimum absolute atomic E-state index is 0.619. The second kappa shape index (κ2) is 5.36. The first-order valence-electron chi connectivity index (χ1n) is 4.35. The van der Waals surface area contributed by atoms with Crippen LogP contribution in [0.15, 0.2) is 0 Å². The zero-order valence-electron chi connectivity index (χ0n) is 8.19. The molecule has 0 aliphatic carbocycles. The number of hydrogen-bond acceptors (Lipinski definition) is 1. The summed E-state index contributed by atoms with van der Waals surface area (Å²) < 4.78 is 0.703. The van der Waals surface area contributed by atoms with Crippen molar-refractivity contribution >= 4 is 22.6 Å². The largest absolute Gasteiger partial charge is 0.310 e. The molecule has 68 valence electrons. The van der Waals surface area contributed by atoms with Crippen molar-refractivity contribution in [2.45, 2.75) is 50.6 Å². The van der Waals surface area contributed by atoms with E-state index in [4.69, 9.17) is 0 Å². The zero-order valence-corrected chi connectivity index (χ0v) is 10.3. The van der Waals surface area contributed by atoms with Crippen LogP contribution in [0.25, 0.3) is 0 Å². The first kappa shape index (κ1) is 11.7. The van der Waals surface area contributed by atoms with Crippen LogP contribution in [0.1, 0.15) is 34.6 Å². The molecular formula is C9H20IN. The highest BCUT2D eigenvalue weighted by atomic mass is 127. The summed E-state index contributed by atoms with van der Waals surface area (Å²) in [5.74, 6) is 0.729. The van der Waals surface area contributed by atoms with Crippen molar-refractivity contribution in [2.24, 2.45) is 5.92 Å². The van der Waals surface area contributed by atoms with Crippen molar-refractivity contribution in [1.29, 1.82) is 0 Å². The molecule has 1 N–H and O–H groups in total. The van der Waals surface area contributed by atoms with Crippen LogP contribution in [-0.2, 0) is 0 Å². The van der Waals surface area contributed by atoms with Crippen LogP contribution in [0.3, 0.4) is 0 Å². The van der Waals surface area contributed by atoms with E-state index < -0.39 is 0 Å². The number of halogens is 1. The predicted molar refractivity (Wildman–Crippen MR) is 60.4 cm³/mol. The van der Waals surface area contributed by atoms with E-state index in [-0.39, 0.29) is 0 Å². The Hall–Kier alpha value is 0.690. The minimum atomic E-state index is 0.619. The Bertz CT molecular complexity index is 89.7. The Morgan fingerprint density at radius 3 is 1.64 bits per heavy atom. The van der Waals surface area contributed by atoms with Gasteiger partial charge in [-0.1, -0.05) is 43.4 Å². The molecule has 0 saturated carbocycles. The fourth-order valence-corrected chi connectivity index (χ4v) is 0.947. The molecule has 0 aliphatic rings. The molecule has 0 amide bonds. The minimum Gasteiger partial charge on any atom is -0.310 e. The quantitative estimate of drug-likeness (QED) is 0.611. The van der Waals surface area contributed by atoms with Crippen LogP contribution >= 0.6 is 22.6 Å². The summed E-state index contributed by atoms with van der Waals surface area (Å²) in [6.07, 6.45) is 0. The number of nitrogens with one attached hydrogen (secondary N) is 1. The van der Waals surface area contributed by atoms with Crippen molar-refractivity contribution in [3.63, 3.8) is 0 Å². The summed E-state index contributed by atoms with van der Waals surface area (Å²) in [4.78, 5) is 0. The topological polar surface area (TPSA) is 12.0 Å². The highest BCUT2D eigenvalue weighted by Crippen LogP contribution is 2.08. The Balaban J connectivity index is 3.66. The molecule has 0 aliphatic heterocycles. The van der Waals surface area contributed by atoms with Gasteiger partial charge in [-0.05, 0) is 19.8 Å². The standard InChI is InChI=1S/C9H20IN/c1-6(2)8(4)11-9(5)7(3)10/h6-9,11H,1-5H3/t7-,8?,9?/m1/s1. The molecule has 2 unspecified atom stereocenters. The van der Waals surface area contributed by atoms with E-state index in [0.717, 1.165) is 5.92 Å². The van der Waals surface area contributed by atoms with Crippen LogP contribution in [0.5, 0.6) is 0 Å². The van der Waals surface area contributed by atoms with Crippen LogP contribution in [0.4, 0.5) is 0 Å². The lowest BCUT2D eigenvalue weighted by molar-refractivity contribution is 0.385. The molecule has 0 bridgehead atoms. The first-order chi connectivity index (χ1) is 4.95.